The van der Waals surface area contributed by atoms with E-state index in [4.69, 9.17) is 0 Å². The van der Waals surface area contributed by atoms with E-state index in [1.54, 1.807) is 12.1 Å². The lowest BCUT2D eigenvalue weighted by molar-refractivity contribution is 0.626. The number of hydrogen-bond donors (Lipinski definition) is 2. The van der Waals surface area contributed by atoms with E-state index in [1.807, 2.05) is 21.0 Å². The van der Waals surface area contributed by atoms with Gasteiger partial charge in [-0.2, -0.15) is 0 Å². The zero-order valence-electron chi connectivity index (χ0n) is 14.5. The molecule has 0 aliphatic carbocycles. The van der Waals surface area contributed by atoms with Crippen LogP contribution in [0.3, 0.4) is 0 Å². The maximum absolute atomic E-state index is 12.9. The van der Waals surface area contributed by atoms with Crippen LogP contribution in [0.4, 0.5) is 10.1 Å². The van der Waals surface area contributed by atoms with Gasteiger partial charge >= 0.3 is 0 Å². The summed E-state index contributed by atoms with van der Waals surface area (Å²) in [7, 11) is 4.05. The minimum absolute atomic E-state index is 0.222. The normalized spacial score (nSPS) is 11.2. The van der Waals surface area contributed by atoms with Gasteiger partial charge in [0.05, 0.1) is 6.54 Å². The van der Waals surface area contributed by atoms with Gasteiger partial charge in [-0.1, -0.05) is 24.3 Å². The summed E-state index contributed by atoms with van der Waals surface area (Å²) in [5.41, 5.74) is 3.33. The topological polar surface area (TPSA) is 39.7 Å². The van der Waals surface area contributed by atoms with E-state index in [0.717, 1.165) is 23.6 Å². The second-order valence-electron chi connectivity index (χ2n) is 5.74. The quantitative estimate of drug-likeness (QED) is 0.632. The number of halogens is 1. The van der Waals surface area contributed by atoms with Gasteiger partial charge in [0.15, 0.2) is 5.96 Å². The van der Waals surface area contributed by atoms with Crippen molar-refractivity contribution < 1.29 is 4.39 Å². The number of benzene rings is 2. The molecule has 0 aliphatic rings. The molecule has 0 aliphatic heterocycles. The van der Waals surface area contributed by atoms with Crippen molar-refractivity contribution in [1.29, 1.82) is 0 Å². The van der Waals surface area contributed by atoms with Gasteiger partial charge in [0.2, 0.25) is 0 Å². The molecule has 2 aromatic carbocycles. The third-order valence-corrected chi connectivity index (χ3v) is 3.59. The lowest BCUT2D eigenvalue weighted by Crippen LogP contribution is -2.36. The SMILES string of the molecule is CCNC(=NCc1ccc(N(C)C)cc1)NCc1ccc(F)cc1. The van der Waals surface area contributed by atoms with Crippen LogP contribution in [-0.2, 0) is 13.1 Å². The lowest BCUT2D eigenvalue weighted by atomic mass is 10.2. The highest BCUT2D eigenvalue weighted by Gasteiger charge is 2.00. The second kappa shape index (κ2) is 8.91. The Hall–Kier alpha value is -2.56. The standard InChI is InChI=1S/C19H25FN4/c1-4-21-19(22-13-15-5-9-17(20)10-6-15)23-14-16-7-11-18(12-8-16)24(2)3/h5-12H,4,13-14H2,1-3H3,(H2,21,22,23). The second-order valence-corrected chi connectivity index (χ2v) is 5.74. The number of anilines is 1. The monoisotopic (exact) mass is 328 g/mol. The minimum Gasteiger partial charge on any atom is -0.378 e. The lowest BCUT2D eigenvalue weighted by Gasteiger charge is -2.13. The highest BCUT2D eigenvalue weighted by atomic mass is 19.1. The van der Waals surface area contributed by atoms with Crippen LogP contribution in [0.15, 0.2) is 53.5 Å². The molecule has 128 valence electrons. The van der Waals surface area contributed by atoms with Crippen molar-refractivity contribution in [2.75, 3.05) is 25.5 Å². The summed E-state index contributed by atoms with van der Waals surface area (Å²) < 4.78 is 12.9. The molecule has 0 amide bonds. The minimum atomic E-state index is -0.222. The summed E-state index contributed by atoms with van der Waals surface area (Å²) >= 11 is 0. The molecule has 0 atom stereocenters. The highest BCUT2D eigenvalue weighted by Crippen LogP contribution is 2.12. The smallest absolute Gasteiger partial charge is 0.191 e. The number of guanidine groups is 1. The Morgan fingerprint density at radius 2 is 1.58 bits per heavy atom. The fourth-order valence-electron chi connectivity index (χ4n) is 2.20. The molecule has 2 N–H and O–H groups in total. The van der Waals surface area contributed by atoms with Crippen LogP contribution in [0, 0.1) is 5.82 Å². The molecule has 0 saturated carbocycles. The Bertz CT molecular complexity index is 648. The first kappa shape index (κ1) is 17.8. The van der Waals surface area contributed by atoms with E-state index in [1.165, 1.54) is 17.8 Å². The van der Waals surface area contributed by atoms with Gasteiger partial charge in [0.25, 0.3) is 0 Å². The molecule has 0 aromatic heterocycles. The molecule has 0 spiro atoms. The van der Waals surface area contributed by atoms with Crippen molar-refractivity contribution in [3.05, 3.63) is 65.5 Å². The van der Waals surface area contributed by atoms with Crippen LogP contribution in [0.1, 0.15) is 18.1 Å². The Labute approximate surface area is 143 Å². The predicted molar refractivity (Wildman–Crippen MR) is 98.8 cm³/mol. The highest BCUT2D eigenvalue weighted by molar-refractivity contribution is 5.79. The summed E-state index contributed by atoms with van der Waals surface area (Å²) in [6.45, 7) is 4.02. The molecule has 0 heterocycles. The van der Waals surface area contributed by atoms with E-state index in [0.29, 0.717) is 13.1 Å². The average molecular weight is 328 g/mol. The van der Waals surface area contributed by atoms with Crippen molar-refractivity contribution in [2.45, 2.75) is 20.0 Å². The maximum Gasteiger partial charge on any atom is 0.191 e. The number of rotatable bonds is 6. The van der Waals surface area contributed by atoms with Gasteiger partial charge in [0, 0.05) is 32.9 Å². The Morgan fingerprint density at radius 3 is 2.17 bits per heavy atom. The summed E-state index contributed by atoms with van der Waals surface area (Å²) in [4.78, 5) is 6.67. The Morgan fingerprint density at radius 1 is 0.958 bits per heavy atom. The average Bonchev–Trinajstić information content (AvgIpc) is 2.59. The van der Waals surface area contributed by atoms with Crippen molar-refractivity contribution in [2.24, 2.45) is 4.99 Å². The van der Waals surface area contributed by atoms with Gasteiger partial charge < -0.3 is 15.5 Å². The van der Waals surface area contributed by atoms with Gasteiger partial charge in [-0.05, 0) is 42.3 Å². The molecule has 5 heteroatoms. The first-order valence-corrected chi connectivity index (χ1v) is 8.11. The molecule has 0 fully saturated rings. The number of hydrogen-bond acceptors (Lipinski definition) is 2. The van der Waals surface area contributed by atoms with Gasteiger partial charge in [-0.25, -0.2) is 9.38 Å². The largest absolute Gasteiger partial charge is 0.378 e. The van der Waals surface area contributed by atoms with Crippen LogP contribution in [0.2, 0.25) is 0 Å². The Balaban J connectivity index is 1.95. The maximum atomic E-state index is 12.9. The first-order chi connectivity index (χ1) is 11.6. The molecule has 24 heavy (non-hydrogen) atoms. The fraction of sp³-hybridized carbons (Fsp3) is 0.316. The zero-order valence-corrected chi connectivity index (χ0v) is 14.5. The van der Waals surface area contributed by atoms with Crippen LogP contribution >= 0.6 is 0 Å². The molecule has 0 radical (unpaired) electrons. The molecule has 2 rings (SSSR count). The zero-order chi connectivity index (χ0) is 17.4. The summed E-state index contributed by atoms with van der Waals surface area (Å²) in [5, 5.41) is 6.49. The fourth-order valence-corrected chi connectivity index (χ4v) is 2.20. The predicted octanol–water partition coefficient (Wildman–Crippen LogP) is 3.15. The molecule has 0 unspecified atom stereocenters. The van der Waals surface area contributed by atoms with Crippen molar-refractivity contribution >= 4 is 11.6 Å². The molecular formula is C19H25FN4. The number of nitrogens with zero attached hydrogens (tertiary/aromatic N) is 2. The van der Waals surface area contributed by atoms with Crippen LogP contribution < -0.4 is 15.5 Å². The molecule has 0 saturated heterocycles. The third-order valence-electron chi connectivity index (χ3n) is 3.59. The van der Waals surface area contributed by atoms with Crippen LogP contribution in [-0.4, -0.2) is 26.6 Å². The van der Waals surface area contributed by atoms with Gasteiger partial charge in [-0.3, -0.25) is 0 Å². The molecule has 4 nitrogen and oxygen atoms in total. The third kappa shape index (κ3) is 5.57. The van der Waals surface area contributed by atoms with E-state index in [-0.39, 0.29) is 5.82 Å². The van der Waals surface area contributed by atoms with Gasteiger partial charge in [0.1, 0.15) is 5.82 Å². The first-order valence-electron chi connectivity index (χ1n) is 8.11. The molecular weight excluding hydrogens is 303 g/mol. The Kier molecular flexibility index (Phi) is 6.61. The number of aliphatic imine (C=N–C) groups is 1. The molecule has 2 aromatic rings. The van der Waals surface area contributed by atoms with E-state index in [2.05, 4.69) is 44.8 Å². The van der Waals surface area contributed by atoms with Gasteiger partial charge in [-0.15, -0.1) is 0 Å². The van der Waals surface area contributed by atoms with Crippen molar-refractivity contribution in [1.82, 2.24) is 10.6 Å². The summed E-state index contributed by atoms with van der Waals surface area (Å²) in [5.74, 6) is 0.527. The van der Waals surface area contributed by atoms with Crippen LogP contribution in [0.5, 0.6) is 0 Å². The van der Waals surface area contributed by atoms with E-state index in [9.17, 15) is 4.39 Å². The van der Waals surface area contributed by atoms with Crippen molar-refractivity contribution in [3.63, 3.8) is 0 Å². The van der Waals surface area contributed by atoms with Crippen LogP contribution in [0.25, 0.3) is 0 Å². The van der Waals surface area contributed by atoms with E-state index >= 15 is 0 Å². The van der Waals surface area contributed by atoms with E-state index < -0.39 is 0 Å². The summed E-state index contributed by atoms with van der Waals surface area (Å²) in [6, 6.07) is 14.8. The van der Waals surface area contributed by atoms with Crippen molar-refractivity contribution in [3.8, 4) is 0 Å². The molecule has 0 bridgehead atoms. The summed E-state index contributed by atoms with van der Waals surface area (Å²) in [6.07, 6.45) is 0. The number of nitrogens with one attached hydrogen (secondary N) is 2.